The van der Waals surface area contributed by atoms with E-state index in [2.05, 4.69) is 9.64 Å². The van der Waals surface area contributed by atoms with Crippen LogP contribution in [0.5, 0.6) is 0 Å². The Hall–Kier alpha value is -0.750. The van der Waals surface area contributed by atoms with E-state index in [1.165, 1.54) is 64.1 Å². The van der Waals surface area contributed by atoms with Gasteiger partial charge in [-0.2, -0.15) is 0 Å². The van der Waals surface area contributed by atoms with E-state index in [4.69, 9.17) is 0 Å². The van der Waals surface area contributed by atoms with Crippen molar-refractivity contribution in [3.05, 3.63) is 0 Å². The second kappa shape index (κ2) is 10.2. The molecule has 0 aromatic heterocycles. The minimum absolute atomic E-state index is 0.221. The highest BCUT2D eigenvalue weighted by Gasteiger charge is 2.27. The first-order valence-corrected chi connectivity index (χ1v) is 10.0. The molecule has 0 aromatic rings. The van der Waals surface area contributed by atoms with Gasteiger partial charge in [0.25, 0.3) is 0 Å². The third kappa shape index (κ3) is 6.34. The Labute approximate surface area is 144 Å². The number of nitrogens with zero attached hydrogens (tertiary/aromatic N) is 2. The molecule has 6 heteroatoms. The summed E-state index contributed by atoms with van der Waals surface area (Å²) < 4.78 is 4.60. The zero-order chi connectivity index (χ0) is 16.5. The fraction of sp³-hybridized carbons (Fsp3) is 0.882. The second-order valence-electron chi connectivity index (χ2n) is 6.46. The van der Waals surface area contributed by atoms with Gasteiger partial charge in [0.2, 0.25) is 5.91 Å². The summed E-state index contributed by atoms with van der Waals surface area (Å²) in [5.74, 6) is 1.04. The van der Waals surface area contributed by atoms with Crippen LogP contribution >= 0.6 is 11.8 Å². The Morgan fingerprint density at radius 1 is 1.09 bits per heavy atom. The van der Waals surface area contributed by atoms with Gasteiger partial charge in [0, 0.05) is 31.3 Å². The van der Waals surface area contributed by atoms with E-state index in [0.29, 0.717) is 24.0 Å². The third-order valence-electron chi connectivity index (χ3n) is 4.81. The van der Waals surface area contributed by atoms with Gasteiger partial charge in [0.1, 0.15) is 0 Å². The van der Waals surface area contributed by atoms with E-state index in [1.807, 2.05) is 4.90 Å². The number of piperidine rings is 1. The van der Waals surface area contributed by atoms with Crippen LogP contribution in [0, 0.1) is 0 Å². The molecule has 0 bridgehead atoms. The maximum Gasteiger partial charge on any atom is 0.315 e. The van der Waals surface area contributed by atoms with Gasteiger partial charge in [0.15, 0.2) is 0 Å². The minimum atomic E-state index is -0.221. The quantitative estimate of drug-likeness (QED) is 0.547. The van der Waals surface area contributed by atoms with Crippen LogP contribution < -0.4 is 0 Å². The minimum Gasteiger partial charge on any atom is -0.468 e. The number of carbonyl (C=O) groups excluding carboxylic acids is 2. The number of amides is 1. The lowest BCUT2D eigenvalue weighted by atomic mass is 10.0. The molecule has 0 aromatic carbocycles. The molecule has 2 heterocycles. The molecule has 23 heavy (non-hydrogen) atoms. The van der Waals surface area contributed by atoms with E-state index >= 15 is 0 Å². The molecular weight excluding hydrogens is 312 g/mol. The maximum atomic E-state index is 12.4. The molecule has 2 saturated heterocycles. The third-order valence-corrected chi connectivity index (χ3v) is 5.75. The van der Waals surface area contributed by atoms with Crippen molar-refractivity contribution in [2.45, 2.75) is 51.0 Å². The molecule has 0 spiro atoms. The first kappa shape index (κ1) is 18.6. The van der Waals surface area contributed by atoms with E-state index < -0.39 is 0 Å². The zero-order valence-electron chi connectivity index (χ0n) is 14.3. The summed E-state index contributed by atoms with van der Waals surface area (Å²) in [6, 6.07) is 0.550. The number of methoxy groups -OCH3 is 1. The topological polar surface area (TPSA) is 49.9 Å². The van der Waals surface area contributed by atoms with Crippen molar-refractivity contribution in [3.8, 4) is 0 Å². The van der Waals surface area contributed by atoms with Gasteiger partial charge >= 0.3 is 5.97 Å². The van der Waals surface area contributed by atoms with Crippen molar-refractivity contribution in [3.63, 3.8) is 0 Å². The summed E-state index contributed by atoms with van der Waals surface area (Å²) in [7, 11) is 1.39. The number of esters is 1. The SMILES string of the molecule is COC(=O)CSCCC(=O)N1CCCC(N2CCCCCC2)C1. The largest absolute Gasteiger partial charge is 0.468 e. The molecule has 2 fully saturated rings. The predicted molar refractivity (Wildman–Crippen MR) is 93.6 cm³/mol. The van der Waals surface area contributed by atoms with E-state index in [0.717, 1.165) is 19.5 Å². The monoisotopic (exact) mass is 342 g/mol. The van der Waals surface area contributed by atoms with E-state index in [9.17, 15) is 9.59 Å². The molecule has 2 aliphatic rings. The number of thioether (sulfide) groups is 1. The van der Waals surface area contributed by atoms with Crippen LogP contribution in [0.1, 0.15) is 44.9 Å². The molecule has 132 valence electrons. The van der Waals surface area contributed by atoms with Gasteiger partial charge in [0.05, 0.1) is 12.9 Å². The molecule has 2 aliphatic heterocycles. The van der Waals surface area contributed by atoms with E-state index in [1.54, 1.807) is 0 Å². The van der Waals surface area contributed by atoms with Crippen LogP contribution in [0.3, 0.4) is 0 Å². The van der Waals surface area contributed by atoms with Gasteiger partial charge < -0.3 is 9.64 Å². The summed E-state index contributed by atoms with van der Waals surface area (Å²) in [5.41, 5.74) is 0. The molecule has 0 saturated carbocycles. The highest BCUT2D eigenvalue weighted by molar-refractivity contribution is 7.99. The normalized spacial score (nSPS) is 23.3. The van der Waals surface area contributed by atoms with Crippen molar-refractivity contribution >= 4 is 23.6 Å². The number of rotatable bonds is 6. The van der Waals surface area contributed by atoms with Gasteiger partial charge in [-0.15, -0.1) is 11.8 Å². The lowest BCUT2D eigenvalue weighted by Crippen LogP contribution is -2.50. The van der Waals surface area contributed by atoms with Crippen LogP contribution in [0.15, 0.2) is 0 Å². The second-order valence-corrected chi connectivity index (χ2v) is 7.57. The van der Waals surface area contributed by atoms with Crippen molar-refractivity contribution in [1.82, 2.24) is 9.80 Å². The fourth-order valence-electron chi connectivity index (χ4n) is 3.47. The van der Waals surface area contributed by atoms with E-state index in [-0.39, 0.29) is 11.9 Å². The average Bonchev–Trinajstić information content (AvgIpc) is 2.87. The summed E-state index contributed by atoms with van der Waals surface area (Å²) in [6.45, 7) is 4.18. The van der Waals surface area contributed by atoms with Gasteiger partial charge in [-0.25, -0.2) is 0 Å². The molecule has 1 unspecified atom stereocenters. The smallest absolute Gasteiger partial charge is 0.315 e. The number of likely N-dealkylation sites (tertiary alicyclic amines) is 2. The van der Waals surface area contributed by atoms with Gasteiger partial charge in [-0.1, -0.05) is 12.8 Å². The highest BCUT2D eigenvalue weighted by Crippen LogP contribution is 2.20. The number of ether oxygens (including phenoxy) is 1. The first-order chi connectivity index (χ1) is 11.2. The molecule has 1 atom stereocenters. The Kier molecular flexibility index (Phi) is 8.23. The molecule has 1 amide bonds. The van der Waals surface area contributed by atoms with Crippen LogP contribution in [0.4, 0.5) is 0 Å². The Morgan fingerprint density at radius 2 is 1.83 bits per heavy atom. The molecular formula is C17H30N2O3S. The fourth-order valence-corrected chi connectivity index (χ4v) is 4.22. The Bertz CT molecular complexity index is 384. The van der Waals surface area contributed by atoms with Crippen LogP contribution in [-0.2, 0) is 14.3 Å². The Morgan fingerprint density at radius 3 is 2.52 bits per heavy atom. The van der Waals surface area contributed by atoms with Crippen LogP contribution in [-0.4, -0.2) is 72.5 Å². The number of hydrogen-bond donors (Lipinski definition) is 0. The van der Waals surface area contributed by atoms with Crippen LogP contribution in [0.25, 0.3) is 0 Å². The van der Waals surface area contributed by atoms with Crippen molar-refractivity contribution < 1.29 is 14.3 Å². The predicted octanol–water partition coefficient (Wildman–Crippen LogP) is 2.15. The summed E-state index contributed by atoms with van der Waals surface area (Å²) >= 11 is 1.48. The summed E-state index contributed by atoms with van der Waals surface area (Å²) in [6.07, 6.45) is 8.16. The summed E-state index contributed by atoms with van der Waals surface area (Å²) in [5, 5.41) is 0. The standard InChI is InChI=1S/C17H30N2O3S/c1-22-17(21)14-23-12-8-16(20)19-11-6-7-15(13-19)18-9-4-2-3-5-10-18/h15H,2-14H2,1H3. The Balaban J connectivity index is 1.71. The molecule has 0 N–H and O–H groups in total. The lowest BCUT2D eigenvalue weighted by Gasteiger charge is -2.39. The molecule has 0 radical (unpaired) electrons. The van der Waals surface area contributed by atoms with Crippen molar-refractivity contribution in [2.24, 2.45) is 0 Å². The van der Waals surface area contributed by atoms with Crippen LogP contribution in [0.2, 0.25) is 0 Å². The van der Waals surface area contributed by atoms with Gasteiger partial charge in [-0.3, -0.25) is 14.5 Å². The van der Waals surface area contributed by atoms with Crippen molar-refractivity contribution in [2.75, 3.05) is 44.8 Å². The zero-order valence-corrected chi connectivity index (χ0v) is 15.1. The van der Waals surface area contributed by atoms with Crippen molar-refractivity contribution in [1.29, 1.82) is 0 Å². The number of hydrogen-bond acceptors (Lipinski definition) is 5. The molecule has 2 rings (SSSR count). The summed E-state index contributed by atoms with van der Waals surface area (Å²) in [4.78, 5) is 28.1. The highest BCUT2D eigenvalue weighted by atomic mass is 32.2. The first-order valence-electron chi connectivity index (χ1n) is 8.87. The lowest BCUT2D eigenvalue weighted by molar-refractivity contribution is -0.137. The maximum absolute atomic E-state index is 12.4. The average molecular weight is 343 g/mol. The molecule has 0 aliphatic carbocycles. The number of carbonyl (C=O) groups is 2. The molecule has 5 nitrogen and oxygen atoms in total. The van der Waals surface area contributed by atoms with Gasteiger partial charge in [-0.05, 0) is 38.8 Å².